The van der Waals surface area contributed by atoms with Gasteiger partial charge in [0.05, 0.1) is 5.41 Å². The summed E-state index contributed by atoms with van der Waals surface area (Å²) >= 11 is 0. The lowest BCUT2D eigenvalue weighted by Crippen LogP contribution is -2.51. The highest BCUT2D eigenvalue weighted by molar-refractivity contribution is 7.90. The lowest BCUT2D eigenvalue weighted by Gasteiger charge is -2.35. The maximum Gasteiger partial charge on any atom is 0.301 e. The summed E-state index contributed by atoms with van der Waals surface area (Å²) in [7, 11) is -0.695. The molecule has 2 N–H and O–H groups in total. The molecule has 1 saturated heterocycles. The number of carbonyl (C=O) groups is 2. The van der Waals surface area contributed by atoms with Crippen LogP contribution in [0.25, 0.3) is 0 Å². The molecule has 0 radical (unpaired) electrons. The molecule has 1 aliphatic heterocycles. The molecule has 0 saturated carbocycles. The molecule has 1 aromatic rings. The van der Waals surface area contributed by atoms with E-state index in [-0.39, 0.29) is 11.8 Å². The number of hydrogen-bond donors (Lipinski definition) is 2. The third-order valence-electron chi connectivity index (χ3n) is 4.24. The Bertz CT molecular complexity index is 713. The van der Waals surface area contributed by atoms with E-state index < -0.39 is 15.6 Å². The van der Waals surface area contributed by atoms with Crippen LogP contribution < -0.4 is 10.0 Å². The molecule has 1 fully saturated rings. The van der Waals surface area contributed by atoms with Crippen LogP contribution in [0.3, 0.4) is 0 Å². The first kappa shape index (κ1) is 17.4. The van der Waals surface area contributed by atoms with Gasteiger partial charge in [-0.1, -0.05) is 19.1 Å². The summed E-state index contributed by atoms with van der Waals surface area (Å²) in [6.45, 7) is 1.90. The molecule has 1 heterocycles. The van der Waals surface area contributed by atoms with Crippen LogP contribution in [0.1, 0.15) is 31.7 Å². The van der Waals surface area contributed by atoms with E-state index in [0.29, 0.717) is 24.9 Å². The van der Waals surface area contributed by atoms with Crippen LogP contribution in [0.15, 0.2) is 24.3 Å². The first-order valence-electron chi connectivity index (χ1n) is 7.36. The van der Waals surface area contributed by atoms with Crippen molar-refractivity contribution in [2.24, 2.45) is 0 Å². The molecule has 2 amide bonds. The van der Waals surface area contributed by atoms with E-state index in [1.807, 2.05) is 6.92 Å². The second kappa shape index (κ2) is 6.29. The monoisotopic (exact) mass is 339 g/mol. The molecular weight excluding hydrogens is 318 g/mol. The quantitative estimate of drug-likeness (QED) is 0.782. The molecule has 1 atom stereocenters. The SMILES string of the molecule is CCC1(c2ccc(NS(=O)(=O)N(C)C)cc2)CCC(=O)NC1=O. The maximum absolute atomic E-state index is 12.3. The van der Waals surface area contributed by atoms with Gasteiger partial charge < -0.3 is 0 Å². The van der Waals surface area contributed by atoms with Crippen LogP contribution in [0, 0.1) is 0 Å². The fraction of sp³-hybridized carbons (Fsp3) is 0.467. The van der Waals surface area contributed by atoms with Crippen LogP contribution in [-0.2, 0) is 25.2 Å². The molecule has 8 heteroatoms. The van der Waals surface area contributed by atoms with Gasteiger partial charge in [-0.2, -0.15) is 12.7 Å². The zero-order chi connectivity index (χ0) is 17.3. The molecule has 0 aliphatic carbocycles. The zero-order valence-corrected chi connectivity index (χ0v) is 14.2. The molecule has 1 aromatic carbocycles. The Kier molecular flexibility index (Phi) is 4.76. The van der Waals surface area contributed by atoms with E-state index >= 15 is 0 Å². The zero-order valence-electron chi connectivity index (χ0n) is 13.4. The third-order valence-corrected chi connectivity index (χ3v) is 5.69. The number of amides is 2. The number of carbonyl (C=O) groups excluding carboxylic acids is 2. The Balaban J connectivity index is 2.28. The minimum absolute atomic E-state index is 0.255. The fourth-order valence-corrected chi connectivity index (χ4v) is 3.28. The van der Waals surface area contributed by atoms with Gasteiger partial charge in [0.15, 0.2) is 0 Å². The maximum atomic E-state index is 12.3. The van der Waals surface area contributed by atoms with Gasteiger partial charge in [-0.05, 0) is 30.5 Å². The number of nitrogens with one attached hydrogen (secondary N) is 2. The first-order valence-corrected chi connectivity index (χ1v) is 8.80. The number of hydrogen-bond acceptors (Lipinski definition) is 4. The lowest BCUT2D eigenvalue weighted by atomic mass is 9.72. The van der Waals surface area contributed by atoms with Gasteiger partial charge in [0.2, 0.25) is 11.8 Å². The average Bonchev–Trinajstić information content (AvgIpc) is 2.48. The van der Waals surface area contributed by atoms with Crippen molar-refractivity contribution in [1.82, 2.24) is 9.62 Å². The van der Waals surface area contributed by atoms with Crippen molar-refractivity contribution in [1.29, 1.82) is 0 Å². The molecule has 23 heavy (non-hydrogen) atoms. The van der Waals surface area contributed by atoms with E-state index in [1.165, 1.54) is 14.1 Å². The standard InChI is InChI=1S/C15H21N3O4S/c1-4-15(10-9-13(19)16-14(15)20)11-5-7-12(8-6-11)17-23(21,22)18(2)3/h5-8,17H,4,9-10H2,1-3H3,(H,16,19,20). The van der Waals surface area contributed by atoms with Crippen molar-refractivity contribution in [3.05, 3.63) is 29.8 Å². The third kappa shape index (κ3) is 3.37. The topological polar surface area (TPSA) is 95.6 Å². The number of imide groups is 1. The van der Waals surface area contributed by atoms with E-state index in [0.717, 1.165) is 9.87 Å². The van der Waals surface area contributed by atoms with E-state index in [9.17, 15) is 18.0 Å². The minimum Gasteiger partial charge on any atom is -0.296 e. The van der Waals surface area contributed by atoms with Crippen molar-refractivity contribution in [2.75, 3.05) is 18.8 Å². The predicted molar refractivity (Wildman–Crippen MR) is 87.0 cm³/mol. The summed E-state index contributed by atoms with van der Waals surface area (Å²) in [4.78, 5) is 23.7. The number of nitrogens with zero attached hydrogens (tertiary/aromatic N) is 1. The van der Waals surface area contributed by atoms with Crippen molar-refractivity contribution in [3.8, 4) is 0 Å². The van der Waals surface area contributed by atoms with Crippen molar-refractivity contribution < 1.29 is 18.0 Å². The molecule has 1 aliphatic rings. The van der Waals surface area contributed by atoms with Crippen LogP contribution >= 0.6 is 0 Å². The number of piperidine rings is 1. The van der Waals surface area contributed by atoms with Crippen LogP contribution in [0.5, 0.6) is 0 Å². The molecule has 1 unspecified atom stereocenters. The molecule has 0 spiro atoms. The van der Waals surface area contributed by atoms with E-state index in [1.54, 1.807) is 24.3 Å². The Morgan fingerprint density at radius 1 is 1.22 bits per heavy atom. The van der Waals surface area contributed by atoms with Crippen molar-refractivity contribution >= 4 is 27.7 Å². The Hall–Kier alpha value is -1.93. The summed E-state index contributed by atoms with van der Waals surface area (Å²) < 4.78 is 27.1. The van der Waals surface area contributed by atoms with Crippen molar-refractivity contribution in [3.63, 3.8) is 0 Å². The molecule has 126 valence electrons. The second-order valence-corrected chi connectivity index (χ2v) is 7.66. The molecule has 2 rings (SSSR count). The smallest absolute Gasteiger partial charge is 0.296 e. The van der Waals surface area contributed by atoms with Gasteiger partial charge in [-0.3, -0.25) is 19.6 Å². The Morgan fingerprint density at radius 3 is 2.30 bits per heavy atom. The Morgan fingerprint density at radius 2 is 1.83 bits per heavy atom. The predicted octanol–water partition coefficient (Wildman–Crippen LogP) is 0.989. The summed E-state index contributed by atoms with van der Waals surface area (Å²) in [5.41, 5.74) is 0.450. The lowest BCUT2D eigenvalue weighted by molar-refractivity contribution is -0.138. The summed E-state index contributed by atoms with van der Waals surface area (Å²) in [5, 5.41) is 2.39. The van der Waals surface area contributed by atoms with Crippen LogP contribution in [0.2, 0.25) is 0 Å². The van der Waals surface area contributed by atoms with Gasteiger partial charge in [0.1, 0.15) is 0 Å². The highest BCUT2D eigenvalue weighted by atomic mass is 32.2. The number of anilines is 1. The van der Waals surface area contributed by atoms with E-state index in [4.69, 9.17) is 0 Å². The van der Waals surface area contributed by atoms with Gasteiger partial charge >= 0.3 is 10.2 Å². The van der Waals surface area contributed by atoms with E-state index in [2.05, 4.69) is 10.0 Å². The normalized spacial score (nSPS) is 22.1. The largest absolute Gasteiger partial charge is 0.301 e. The number of benzene rings is 1. The fourth-order valence-electron chi connectivity index (χ4n) is 2.66. The van der Waals surface area contributed by atoms with Gasteiger partial charge in [-0.15, -0.1) is 0 Å². The highest BCUT2D eigenvalue weighted by Crippen LogP contribution is 2.36. The first-order chi connectivity index (χ1) is 10.7. The second-order valence-electron chi connectivity index (χ2n) is 5.78. The molecule has 7 nitrogen and oxygen atoms in total. The van der Waals surface area contributed by atoms with Gasteiger partial charge in [0.25, 0.3) is 0 Å². The van der Waals surface area contributed by atoms with Crippen LogP contribution in [-0.4, -0.2) is 38.6 Å². The number of rotatable bonds is 5. The van der Waals surface area contributed by atoms with Crippen molar-refractivity contribution in [2.45, 2.75) is 31.6 Å². The minimum atomic E-state index is -3.57. The van der Waals surface area contributed by atoms with Gasteiger partial charge in [-0.25, -0.2) is 0 Å². The molecule has 0 aromatic heterocycles. The summed E-state index contributed by atoms with van der Waals surface area (Å²) in [6, 6.07) is 6.70. The average molecular weight is 339 g/mol. The highest BCUT2D eigenvalue weighted by Gasteiger charge is 2.42. The molecule has 0 bridgehead atoms. The molecular formula is C15H21N3O4S. The summed E-state index contributed by atoms with van der Waals surface area (Å²) in [6.07, 6.45) is 1.32. The van der Waals surface area contributed by atoms with Gasteiger partial charge in [0, 0.05) is 26.2 Å². The Labute approximate surface area is 136 Å². The van der Waals surface area contributed by atoms with Crippen LogP contribution in [0.4, 0.5) is 5.69 Å². The summed E-state index contributed by atoms with van der Waals surface area (Å²) in [5.74, 6) is -0.549.